The van der Waals surface area contributed by atoms with E-state index in [0.717, 1.165) is 51.1 Å². The summed E-state index contributed by atoms with van der Waals surface area (Å²) in [5.74, 6) is 2.27. The summed E-state index contributed by atoms with van der Waals surface area (Å²) in [7, 11) is 0. The van der Waals surface area contributed by atoms with Crippen molar-refractivity contribution in [3.05, 3.63) is 35.9 Å². The zero-order chi connectivity index (χ0) is 26.3. The van der Waals surface area contributed by atoms with Crippen LogP contribution in [0.4, 0.5) is 23.3 Å². The first-order chi connectivity index (χ1) is 17.7. The molecule has 5 rings (SSSR count). The third-order valence-corrected chi connectivity index (χ3v) is 8.40. The summed E-state index contributed by atoms with van der Waals surface area (Å²) in [6, 6.07) is 9.20. The van der Waals surface area contributed by atoms with Crippen molar-refractivity contribution in [1.29, 1.82) is 0 Å². The Morgan fingerprint density at radius 2 is 1.76 bits per heavy atom. The second kappa shape index (κ2) is 9.76. The van der Waals surface area contributed by atoms with Crippen LogP contribution in [0.3, 0.4) is 0 Å². The number of nitrogens with one attached hydrogen (secondary N) is 2. The number of anilines is 4. The van der Waals surface area contributed by atoms with Gasteiger partial charge in [-0.25, -0.2) is 9.97 Å². The van der Waals surface area contributed by atoms with E-state index in [1.54, 1.807) is 12.1 Å². The van der Waals surface area contributed by atoms with Gasteiger partial charge in [0.05, 0.1) is 29.9 Å². The molecule has 2 saturated heterocycles. The average Bonchev–Trinajstić information content (AvgIpc) is 3.53. The third-order valence-electron chi connectivity index (χ3n) is 8.40. The first kappa shape index (κ1) is 25.7. The number of rotatable bonds is 8. The molecule has 2 aromatic rings. The summed E-state index contributed by atoms with van der Waals surface area (Å²) in [4.78, 5) is 27.5. The molecule has 3 aliphatic rings. The molecule has 0 radical (unpaired) electrons. The van der Waals surface area contributed by atoms with Crippen molar-refractivity contribution in [2.45, 2.75) is 70.4 Å². The summed E-state index contributed by atoms with van der Waals surface area (Å²) in [6.45, 7) is 8.47. The number of hydrogen-bond donors (Lipinski definition) is 4. The van der Waals surface area contributed by atoms with Crippen molar-refractivity contribution < 1.29 is 15.0 Å². The zero-order valence-electron chi connectivity index (χ0n) is 22.3. The van der Waals surface area contributed by atoms with E-state index in [1.807, 2.05) is 39.0 Å². The van der Waals surface area contributed by atoms with Crippen LogP contribution < -0.4 is 20.4 Å². The number of aliphatic hydroxyl groups excluding tert-OH is 2. The number of carbonyl (C=O) groups excluding carboxylic acids is 1. The van der Waals surface area contributed by atoms with Crippen molar-refractivity contribution in [2.75, 3.05) is 53.3 Å². The Bertz CT molecular complexity index is 1140. The SMILES string of the molecule is CC(C)(CO)Nc1ccc(C(=O)Nc2cccc(N3CCCC3(C)CO)n2)c(N2CCC3(CC2)CC3)n1. The molecule has 0 bridgehead atoms. The number of pyridine rings is 2. The van der Waals surface area contributed by atoms with Crippen LogP contribution in [0.5, 0.6) is 0 Å². The van der Waals surface area contributed by atoms with Crippen molar-refractivity contribution in [2.24, 2.45) is 5.41 Å². The van der Waals surface area contributed by atoms with Crippen LogP contribution in [-0.2, 0) is 0 Å². The Morgan fingerprint density at radius 1 is 1.00 bits per heavy atom. The van der Waals surface area contributed by atoms with Gasteiger partial charge in [0.1, 0.15) is 23.3 Å². The normalized spacial score (nSPS) is 22.8. The highest BCUT2D eigenvalue weighted by Crippen LogP contribution is 2.54. The van der Waals surface area contributed by atoms with Gasteiger partial charge in [-0.2, -0.15) is 0 Å². The smallest absolute Gasteiger partial charge is 0.260 e. The number of nitrogens with zero attached hydrogens (tertiary/aromatic N) is 4. The molecule has 1 unspecified atom stereocenters. The van der Waals surface area contributed by atoms with E-state index in [1.165, 1.54) is 12.8 Å². The topological polar surface area (TPSA) is 114 Å². The van der Waals surface area contributed by atoms with Gasteiger partial charge in [-0.1, -0.05) is 6.07 Å². The summed E-state index contributed by atoms with van der Waals surface area (Å²) < 4.78 is 0. The summed E-state index contributed by atoms with van der Waals surface area (Å²) in [6.07, 6.45) is 6.76. The highest BCUT2D eigenvalue weighted by atomic mass is 16.3. The first-order valence-electron chi connectivity index (χ1n) is 13.5. The highest BCUT2D eigenvalue weighted by molar-refractivity contribution is 6.07. The number of amides is 1. The number of hydrogen-bond acceptors (Lipinski definition) is 8. The number of carbonyl (C=O) groups is 1. The van der Waals surface area contributed by atoms with Crippen LogP contribution in [0.2, 0.25) is 0 Å². The Kier molecular flexibility index (Phi) is 6.79. The molecule has 37 heavy (non-hydrogen) atoms. The molecule has 200 valence electrons. The molecule has 9 heteroatoms. The van der Waals surface area contributed by atoms with Gasteiger partial charge in [-0.15, -0.1) is 0 Å². The fourth-order valence-corrected chi connectivity index (χ4v) is 5.60. The maximum atomic E-state index is 13.6. The fourth-order valence-electron chi connectivity index (χ4n) is 5.60. The van der Waals surface area contributed by atoms with Gasteiger partial charge in [0, 0.05) is 19.6 Å². The van der Waals surface area contributed by atoms with E-state index < -0.39 is 5.54 Å². The van der Waals surface area contributed by atoms with Crippen LogP contribution in [0.15, 0.2) is 30.3 Å². The quantitative estimate of drug-likeness (QED) is 0.427. The highest BCUT2D eigenvalue weighted by Gasteiger charge is 2.45. The molecule has 1 amide bonds. The molecule has 1 spiro atoms. The van der Waals surface area contributed by atoms with Gasteiger partial charge in [0.15, 0.2) is 0 Å². The molecule has 4 N–H and O–H groups in total. The Hall–Kier alpha value is -2.91. The van der Waals surface area contributed by atoms with Gasteiger partial charge in [0.25, 0.3) is 5.91 Å². The lowest BCUT2D eigenvalue weighted by molar-refractivity contribution is 0.102. The van der Waals surface area contributed by atoms with Crippen LogP contribution in [-0.4, -0.2) is 70.0 Å². The van der Waals surface area contributed by atoms with E-state index in [-0.39, 0.29) is 24.7 Å². The predicted octanol–water partition coefficient (Wildman–Crippen LogP) is 3.64. The van der Waals surface area contributed by atoms with E-state index in [9.17, 15) is 15.0 Å². The lowest BCUT2D eigenvalue weighted by Gasteiger charge is -2.35. The van der Waals surface area contributed by atoms with Crippen LogP contribution in [0.1, 0.15) is 69.7 Å². The van der Waals surface area contributed by atoms with Crippen LogP contribution in [0, 0.1) is 5.41 Å². The minimum atomic E-state index is -0.531. The molecule has 1 atom stereocenters. The monoisotopic (exact) mass is 508 g/mol. The minimum Gasteiger partial charge on any atom is -0.394 e. The maximum Gasteiger partial charge on any atom is 0.260 e. The Balaban J connectivity index is 1.39. The second-order valence-corrected chi connectivity index (χ2v) is 12.0. The van der Waals surface area contributed by atoms with Gasteiger partial charge in [-0.05, 0) is 89.0 Å². The van der Waals surface area contributed by atoms with Crippen LogP contribution >= 0.6 is 0 Å². The van der Waals surface area contributed by atoms with Crippen LogP contribution in [0.25, 0.3) is 0 Å². The molecule has 1 saturated carbocycles. The van der Waals surface area contributed by atoms with E-state index in [0.29, 0.717) is 28.4 Å². The molecular formula is C28H40N6O3. The van der Waals surface area contributed by atoms with Gasteiger partial charge < -0.3 is 30.6 Å². The van der Waals surface area contributed by atoms with Gasteiger partial charge >= 0.3 is 0 Å². The molecule has 4 heterocycles. The fraction of sp³-hybridized carbons (Fsp3) is 0.607. The number of aliphatic hydroxyl groups is 2. The summed E-state index contributed by atoms with van der Waals surface area (Å²) in [5, 5.41) is 25.9. The van der Waals surface area contributed by atoms with Crippen molar-refractivity contribution in [3.8, 4) is 0 Å². The van der Waals surface area contributed by atoms with Crippen molar-refractivity contribution in [3.63, 3.8) is 0 Å². The lowest BCUT2D eigenvalue weighted by Crippen LogP contribution is -2.44. The largest absolute Gasteiger partial charge is 0.394 e. The maximum absolute atomic E-state index is 13.6. The first-order valence-corrected chi connectivity index (χ1v) is 13.5. The molecule has 9 nitrogen and oxygen atoms in total. The molecular weight excluding hydrogens is 468 g/mol. The van der Waals surface area contributed by atoms with Crippen molar-refractivity contribution >= 4 is 29.2 Å². The molecule has 2 aliphatic heterocycles. The standard InChI is InChI=1S/C28H40N6O3/c1-26(2,18-35)32-22-9-8-20(24(30-22)33-16-13-28(11-12-28)14-17-33)25(37)31-21-6-4-7-23(29-21)34-15-5-10-27(34,3)19-36/h4,6-9,35-36H,5,10-19H2,1-3H3,(H,30,32)(H,29,31,37). The van der Waals surface area contributed by atoms with Gasteiger partial charge in [0.2, 0.25) is 0 Å². The summed E-state index contributed by atoms with van der Waals surface area (Å²) >= 11 is 0. The second-order valence-electron chi connectivity index (χ2n) is 12.0. The van der Waals surface area contributed by atoms with Crippen molar-refractivity contribution in [1.82, 2.24) is 9.97 Å². The number of aromatic nitrogens is 2. The predicted molar refractivity (Wildman–Crippen MR) is 146 cm³/mol. The third kappa shape index (κ3) is 5.38. The molecule has 1 aliphatic carbocycles. The lowest BCUT2D eigenvalue weighted by atomic mass is 9.93. The van der Waals surface area contributed by atoms with E-state index >= 15 is 0 Å². The minimum absolute atomic E-state index is 0.0349. The molecule has 3 fully saturated rings. The number of piperidine rings is 1. The zero-order valence-corrected chi connectivity index (χ0v) is 22.3. The van der Waals surface area contributed by atoms with E-state index in [2.05, 4.69) is 20.4 Å². The molecule has 0 aromatic carbocycles. The summed E-state index contributed by atoms with van der Waals surface area (Å²) in [5.41, 5.74) is 0.145. The Morgan fingerprint density at radius 3 is 2.43 bits per heavy atom. The Labute approximate surface area is 219 Å². The van der Waals surface area contributed by atoms with E-state index in [4.69, 9.17) is 9.97 Å². The molecule has 2 aromatic heterocycles. The average molecular weight is 509 g/mol. The van der Waals surface area contributed by atoms with Gasteiger partial charge in [-0.3, -0.25) is 4.79 Å².